The van der Waals surface area contributed by atoms with Crippen LogP contribution in [0.1, 0.15) is 0 Å². The minimum Gasteiger partial charge on any atom is -0.406 e. The van der Waals surface area contributed by atoms with E-state index in [4.69, 9.17) is 0 Å². The summed E-state index contributed by atoms with van der Waals surface area (Å²) in [5.74, 6) is -0.447. The molecule has 20 heavy (non-hydrogen) atoms. The van der Waals surface area contributed by atoms with Crippen LogP contribution in [0.2, 0.25) is 0 Å². The Morgan fingerprint density at radius 1 is 1.10 bits per heavy atom. The van der Waals surface area contributed by atoms with Crippen molar-refractivity contribution < 1.29 is 26.3 Å². The van der Waals surface area contributed by atoms with Gasteiger partial charge in [-0.15, -0.1) is 13.2 Å². The molecule has 1 aliphatic rings. The molecule has 0 unspecified atom stereocenters. The van der Waals surface area contributed by atoms with E-state index in [0.29, 0.717) is 26.2 Å². The Morgan fingerprint density at radius 3 is 2.15 bits per heavy atom. The summed E-state index contributed by atoms with van der Waals surface area (Å²) in [6, 6.07) is 4.20. The van der Waals surface area contributed by atoms with E-state index >= 15 is 0 Å². The molecule has 1 aromatic rings. The highest BCUT2D eigenvalue weighted by molar-refractivity contribution is 7.89. The average molecular weight is 310 g/mol. The van der Waals surface area contributed by atoms with Crippen LogP contribution < -0.4 is 10.1 Å². The van der Waals surface area contributed by atoms with Crippen LogP contribution in [0.25, 0.3) is 0 Å². The number of halogens is 3. The predicted molar refractivity (Wildman–Crippen MR) is 64.8 cm³/mol. The SMILES string of the molecule is O=S(=O)(c1ccc(OC(F)(F)F)cc1)N1CCNCC1. The predicted octanol–water partition coefficient (Wildman–Crippen LogP) is 1.18. The number of benzene rings is 1. The number of alkyl halides is 3. The van der Waals surface area contributed by atoms with Crippen molar-refractivity contribution in [1.82, 2.24) is 9.62 Å². The van der Waals surface area contributed by atoms with E-state index in [1.807, 2.05) is 0 Å². The van der Waals surface area contributed by atoms with Gasteiger partial charge in [0.25, 0.3) is 0 Å². The van der Waals surface area contributed by atoms with Gasteiger partial charge in [0.2, 0.25) is 10.0 Å². The molecule has 0 aromatic heterocycles. The molecule has 1 aromatic carbocycles. The number of rotatable bonds is 3. The highest BCUT2D eigenvalue weighted by atomic mass is 32.2. The van der Waals surface area contributed by atoms with Crippen LogP contribution in [0.3, 0.4) is 0 Å². The maximum absolute atomic E-state index is 12.2. The standard InChI is InChI=1S/C11H13F3N2O3S/c12-11(13,14)19-9-1-3-10(4-2-9)20(17,18)16-7-5-15-6-8-16/h1-4,15H,5-8H2. The van der Waals surface area contributed by atoms with Gasteiger partial charge in [0.1, 0.15) is 5.75 Å². The second-order valence-corrected chi connectivity index (χ2v) is 6.11. The van der Waals surface area contributed by atoms with Gasteiger partial charge < -0.3 is 10.1 Å². The summed E-state index contributed by atoms with van der Waals surface area (Å²) in [7, 11) is -3.67. The number of nitrogens with one attached hydrogen (secondary N) is 1. The Bertz CT molecular complexity index is 551. The summed E-state index contributed by atoms with van der Waals surface area (Å²) in [6.07, 6.45) is -4.79. The van der Waals surface area contributed by atoms with Gasteiger partial charge in [0.05, 0.1) is 4.90 Å². The summed E-state index contributed by atoms with van der Waals surface area (Å²) in [6.45, 7) is 1.77. The third-order valence-electron chi connectivity index (χ3n) is 2.77. The minimum absolute atomic E-state index is 0.0473. The number of ether oxygens (including phenoxy) is 1. The average Bonchev–Trinajstić information content (AvgIpc) is 2.38. The van der Waals surface area contributed by atoms with Crippen molar-refractivity contribution in [3.05, 3.63) is 24.3 Å². The van der Waals surface area contributed by atoms with Gasteiger partial charge in [-0.25, -0.2) is 8.42 Å². The Balaban J connectivity index is 2.16. The lowest BCUT2D eigenvalue weighted by Crippen LogP contribution is -2.46. The first-order valence-corrected chi connectivity index (χ1v) is 7.30. The molecular formula is C11H13F3N2O3S. The zero-order valence-electron chi connectivity index (χ0n) is 10.4. The van der Waals surface area contributed by atoms with E-state index in [0.717, 1.165) is 24.3 Å². The van der Waals surface area contributed by atoms with E-state index in [1.54, 1.807) is 0 Å². The largest absolute Gasteiger partial charge is 0.573 e. The monoisotopic (exact) mass is 310 g/mol. The zero-order valence-corrected chi connectivity index (χ0v) is 11.2. The maximum atomic E-state index is 12.2. The molecule has 0 radical (unpaired) electrons. The first kappa shape index (κ1) is 15.1. The molecule has 112 valence electrons. The molecule has 0 bridgehead atoms. The normalized spacial score (nSPS) is 17.9. The molecule has 2 rings (SSSR count). The molecule has 0 saturated carbocycles. The third kappa shape index (κ3) is 3.62. The van der Waals surface area contributed by atoms with Crippen molar-refractivity contribution in [2.45, 2.75) is 11.3 Å². The number of hydrogen-bond donors (Lipinski definition) is 1. The Kier molecular flexibility index (Phi) is 4.21. The van der Waals surface area contributed by atoms with Crippen LogP contribution in [-0.2, 0) is 10.0 Å². The topological polar surface area (TPSA) is 58.6 Å². The van der Waals surface area contributed by atoms with Crippen molar-refractivity contribution in [3.8, 4) is 5.75 Å². The molecule has 1 saturated heterocycles. The van der Waals surface area contributed by atoms with E-state index in [-0.39, 0.29) is 4.90 Å². The van der Waals surface area contributed by atoms with Crippen molar-refractivity contribution >= 4 is 10.0 Å². The quantitative estimate of drug-likeness (QED) is 0.911. The Labute approximate surface area is 114 Å². The number of sulfonamides is 1. The third-order valence-corrected chi connectivity index (χ3v) is 4.68. The number of hydrogen-bond acceptors (Lipinski definition) is 4. The minimum atomic E-state index is -4.79. The molecule has 0 aliphatic carbocycles. The summed E-state index contributed by atoms with van der Waals surface area (Å²) < 4.78 is 65.5. The fourth-order valence-corrected chi connectivity index (χ4v) is 3.29. The van der Waals surface area contributed by atoms with Gasteiger partial charge >= 0.3 is 6.36 Å². The van der Waals surface area contributed by atoms with Gasteiger partial charge in [-0.3, -0.25) is 0 Å². The Hall–Kier alpha value is -1.32. The van der Waals surface area contributed by atoms with Gasteiger partial charge in [-0.1, -0.05) is 0 Å². The van der Waals surface area contributed by atoms with Crippen LogP contribution in [-0.4, -0.2) is 45.3 Å². The Morgan fingerprint density at radius 2 is 1.65 bits per heavy atom. The van der Waals surface area contributed by atoms with Gasteiger partial charge in [-0.2, -0.15) is 4.31 Å². The molecule has 9 heteroatoms. The summed E-state index contributed by atoms with van der Waals surface area (Å²) in [5, 5.41) is 3.02. The van der Waals surface area contributed by atoms with E-state index in [1.165, 1.54) is 4.31 Å². The molecule has 1 aliphatic heterocycles. The lowest BCUT2D eigenvalue weighted by atomic mass is 10.3. The second-order valence-electron chi connectivity index (χ2n) is 4.17. The van der Waals surface area contributed by atoms with Crippen molar-refractivity contribution in [2.75, 3.05) is 26.2 Å². The number of piperazine rings is 1. The molecule has 5 nitrogen and oxygen atoms in total. The van der Waals surface area contributed by atoms with Gasteiger partial charge in [0.15, 0.2) is 0 Å². The van der Waals surface area contributed by atoms with Crippen LogP contribution in [0.15, 0.2) is 29.2 Å². The van der Waals surface area contributed by atoms with Crippen molar-refractivity contribution in [2.24, 2.45) is 0 Å². The smallest absolute Gasteiger partial charge is 0.406 e. The van der Waals surface area contributed by atoms with Crippen LogP contribution in [0, 0.1) is 0 Å². The molecule has 1 N–H and O–H groups in total. The highest BCUT2D eigenvalue weighted by Crippen LogP contribution is 2.25. The fourth-order valence-electron chi connectivity index (χ4n) is 1.85. The first-order chi connectivity index (χ1) is 9.29. The van der Waals surface area contributed by atoms with Crippen molar-refractivity contribution in [1.29, 1.82) is 0 Å². The summed E-state index contributed by atoms with van der Waals surface area (Å²) in [5.41, 5.74) is 0. The van der Waals surface area contributed by atoms with Crippen molar-refractivity contribution in [3.63, 3.8) is 0 Å². The van der Waals surface area contributed by atoms with Gasteiger partial charge in [-0.05, 0) is 24.3 Å². The van der Waals surface area contributed by atoms with Gasteiger partial charge in [0, 0.05) is 26.2 Å². The van der Waals surface area contributed by atoms with E-state index < -0.39 is 22.1 Å². The molecule has 0 atom stereocenters. The fraction of sp³-hybridized carbons (Fsp3) is 0.455. The van der Waals surface area contributed by atoms with E-state index in [2.05, 4.69) is 10.1 Å². The first-order valence-electron chi connectivity index (χ1n) is 5.86. The lowest BCUT2D eigenvalue weighted by Gasteiger charge is -2.26. The number of nitrogens with zero attached hydrogens (tertiary/aromatic N) is 1. The van der Waals surface area contributed by atoms with Crippen LogP contribution in [0.4, 0.5) is 13.2 Å². The summed E-state index contributed by atoms with van der Waals surface area (Å²) in [4.78, 5) is -0.0473. The molecule has 0 spiro atoms. The second kappa shape index (κ2) is 5.58. The summed E-state index contributed by atoms with van der Waals surface area (Å²) >= 11 is 0. The highest BCUT2D eigenvalue weighted by Gasteiger charge is 2.31. The molecule has 0 amide bonds. The van der Waals surface area contributed by atoms with Crippen LogP contribution >= 0.6 is 0 Å². The lowest BCUT2D eigenvalue weighted by molar-refractivity contribution is -0.274. The van der Waals surface area contributed by atoms with E-state index in [9.17, 15) is 21.6 Å². The zero-order chi connectivity index (χ0) is 14.8. The maximum Gasteiger partial charge on any atom is 0.573 e. The molecule has 1 fully saturated rings. The molecular weight excluding hydrogens is 297 g/mol. The van der Waals surface area contributed by atoms with Crippen LogP contribution in [0.5, 0.6) is 5.75 Å². The molecule has 1 heterocycles.